The molecule has 1 aromatic rings. The van der Waals surface area contributed by atoms with Gasteiger partial charge in [-0.15, -0.1) is 0 Å². The number of thiol groups is 1. The van der Waals surface area contributed by atoms with E-state index in [1.165, 1.54) is 69.8 Å². The second-order valence-corrected chi connectivity index (χ2v) is 7.24. The third-order valence-electron chi connectivity index (χ3n) is 4.70. The van der Waals surface area contributed by atoms with Crippen LogP contribution in [0.3, 0.4) is 0 Å². The molecule has 136 valence electrons. The maximum absolute atomic E-state index is 10.9. The molecule has 24 heavy (non-hydrogen) atoms. The molecule has 3 heteroatoms. The van der Waals surface area contributed by atoms with Crippen LogP contribution in [0.1, 0.15) is 87.1 Å². The normalized spacial score (nSPS) is 12.2. The predicted molar refractivity (Wildman–Crippen MR) is 106 cm³/mol. The van der Waals surface area contributed by atoms with Crippen LogP contribution in [0.25, 0.3) is 0 Å². The third kappa shape index (κ3) is 9.36. The van der Waals surface area contributed by atoms with Crippen LogP contribution in [0.4, 0.5) is 0 Å². The standard InChI is InChI=1S/C21H34O2S/c1-2-3-4-5-6-7-8-9-10-11-19(17-24)16-18-12-14-20(15-13-18)21(22)23/h12-15,19,24H,2-11,16-17H2,1H3,(H,22,23). The van der Waals surface area contributed by atoms with Crippen molar-refractivity contribution in [3.8, 4) is 0 Å². The Morgan fingerprint density at radius 3 is 2.00 bits per heavy atom. The molecule has 1 N–H and O–H groups in total. The monoisotopic (exact) mass is 350 g/mol. The van der Waals surface area contributed by atoms with Gasteiger partial charge in [-0.1, -0.05) is 76.8 Å². The molecule has 0 saturated carbocycles. The zero-order valence-corrected chi connectivity index (χ0v) is 16.1. The summed E-state index contributed by atoms with van der Waals surface area (Å²) >= 11 is 4.50. The van der Waals surface area contributed by atoms with E-state index < -0.39 is 5.97 Å². The van der Waals surface area contributed by atoms with Gasteiger partial charge in [0.05, 0.1) is 5.56 Å². The summed E-state index contributed by atoms with van der Waals surface area (Å²) in [6, 6.07) is 7.28. The summed E-state index contributed by atoms with van der Waals surface area (Å²) in [6.45, 7) is 2.26. The topological polar surface area (TPSA) is 37.3 Å². The van der Waals surface area contributed by atoms with E-state index in [1.54, 1.807) is 12.1 Å². The van der Waals surface area contributed by atoms with Gasteiger partial charge in [0.25, 0.3) is 0 Å². The first-order chi connectivity index (χ1) is 11.7. The molecule has 0 spiro atoms. The molecule has 1 unspecified atom stereocenters. The Morgan fingerprint density at radius 1 is 0.958 bits per heavy atom. The molecule has 1 aromatic carbocycles. The summed E-state index contributed by atoms with van der Waals surface area (Å²) in [7, 11) is 0. The average molecular weight is 351 g/mol. The quantitative estimate of drug-likeness (QED) is 0.301. The van der Waals surface area contributed by atoms with E-state index in [-0.39, 0.29) is 0 Å². The number of unbranched alkanes of at least 4 members (excludes halogenated alkanes) is 8. The minimum absolute atomic E-state index is 0.361. The van der Waals surface area contributed by atoms with Gasteiger partial charge < -0.3 is 5.11 Å². The first-order valence-electron chi connectivity index (χ1n) is 9.60. The third-order valence-corrected chi connectivity index (χ3v) is 5.22. The SMILES string of the molecule is CCCCCCCCCCCC(CS)Cc1ccc(C(=O)O)cc1. The second kappa shape index (κ2) is 13.3. The van der Waals surface area contributed by atoms with Crippen LogP contribution in [0, 0.1) is 5.92 Å². The highest BCUT2D eigenvalue weighted by molar-refractivity contribution is 7.80. The average Bonchev–Trinajstić information content (AvgIpc) is 2.59. The lowest BCUT2D eigenvalue weighted by molar-refractivity contribution is 0.0697. The maximum Gasteiger partial charge on any atom is 0.335 e. The van der Waals surface area contributed by atoms with Gasteiger partial charge >= 0.3 is 5.97 Å². The van der Waals surface area contributed by atoms with Crippen LogP contribution in [0.15, 0.2) is 24.3 Å². The van der Waals surface area contributed by atoms with E-state index in [0.717, 1.165) is 12.2 Å². The largest absolute Gasteiger partial charge is 0.478 e. The van der Waals surface area contributed by atoms with Gasteiger partial charge in [0.15, 0.2) is 0 Å². The molecular formula is C21H34O2S. The van der Waals surface area contributed by atoms with E-state index in [1.807, 2.05) is 12.1 Å². The summed E-state index contributed by atoms with van der Waals surface area (Å²) in [4.78, 5) is 10.9. The molecule has 0 heterocycles. The van der Waals surface area contributed by atoms with Gasteiger partial charge in [-0.3, -0.25) is 0 Å². The fraction of sp³-hybridized carbons (Fsp3) is 0.667. The molecule has 0 aromatic heterocycles. The predicted octanol–water partition coefficient (Wildman–Crippen LogP) is 6.39. The van der Waals surface area contributed by atoms with Crippen LogP contribution in [-0.2, 0) is 6.42 Å². The van der Waals surface area contributed by atoms with Crippen molar-refractivity contribution in [3.05, 3.63) is 35.4 Å². The van der Waals surface area contributed by atoms with Gasteiger partial charge in [0, 0.05) is 0 Å². The van der Waals surface area contributed by atoms with Gasteiger partial charge in [-0.05, 0) is 42.2 Å². The summed E-state index contributed by atoms with van der Waals surface area (Å²) in [5.41, 5.74) is 1.58. The van der Waals surface area contributed by atoms with Crippen LogP contribution in [0.2, 0.25) is 0 Å². The van der Waals surface area contributed by atoms with E-state index in [2.05, 4.69) is 19.6 Å². The van der Waals surface area contributed by atoms with Crippen molar-refractivity contribution in [1.29, 1.82) is 0 Å². The molecule has 0 radical (unpaired) electrons. The molecule has 0 saturated heterocycles. The Morgan fingerprint density at radius 2 is 1.50 bits per heavy atom. The van der Waals surface area contributed by atoms with E-state index >= 15 is 0 Å². The Labute approximate surface area is 153 Å². The van der Waals surface area contributed by atoms with Crippen molar-refractivity contribution in [3.63, 3.8) is 0 Å². The number of hydrogen-bond donors (Lipinski definition) is 2. The van der Waals surface area contributed by atoms with Crippen molar-refractivity contribution >= 4 is 18.6 Å². The van der Waals surface area contributed by atoms with Gasteiger partial charge in [0.1, 0.15) is 0 Å². The van der Waals surface area contributed by atoms with E-state index in [4.69, 9.17) is 5.11 Å². The summed E-state index contributed by atoms with van der Waals surface area (Å²) in [5, 5.41) is 8.94. The summed E-state index contributed by atoms with van der Waals surface area (Å²) in [6.07, 6.45) is 14.5. The molecule has 1 atom stereocenters. The van der Waals surface area contributed by atoms with Gasteiger partial charge in [-0.2, -0.15) is 12.6 Å². The zero-order chi connectivity index (χ0) is 17.6. The van der Waals surface area contributed by atoms with Crippen molar-refractivity contribution in [2.24, 2.45) is 5.92 Å². The van der Waals surface area contributed by atoms with Crippen LogP contribution < -0.4 is 0 Å². The van der Waals surface area contributed by atoms with Crippen LogP contribution in [0.5, 0.6) is 0 Å². The fourth-order valence-corrected chi connectivity index (χ4v) is 3.43. The maximum atomic E-state index is 10.9. The minimum Gasteiger partial charge on any atom is -0.478 e. The molecular weight excluding hydrogens is 316 g/mol. The molecule has 0 fully saturated rings. The van der Waals surface area contributed by atoms with Gasteiger partial charge in [-0.25, -0.2) is 4.79 Å². The highest BCUT2D eigenvalue weighted by Gasteiger charge is 2.09. The second-order valence-electron chi connectivity index (χ2n) is 6.87. The number of carboxylic acid groups (broad SMARTS) is 1. The number of hydrogen-bond acceptors (Lipinski definition) is 2. The lowest BCUT2D eigenvalue weighted by Gasteiger charge is -2.14. The van der Waals surface area contributed by atoms with Crippen LogP contribution >= 0.6 is 12.6 Å². The van der Waals surface area contributed by atoms with Crippen molar-refractivity contribution < 1.29 is 9.90 Å². The smallest absolute Gasteiger partial charge is 0.335 e. The Kier molecular flexibility index (Phi) is 11.7. The molecule has 0 amide bonds. The zero-order valence-electron chi connectivity index (χ0n) is 15.2. The van der Waals surface area contributed by atoms with Crippen molar-refractivity contribution in [1.82, 2.24) is 0 Å². The van der Waals surface area contributed by atoms with E-state index in [0.29, 0.717) is 11.5 Å². The number of carbonyl (C=O) groups is 1. The number of carboxylic acids is 1. The lowest BCUT2D eigenvalue weighted by Crippen LogP contribution is -2.07. The number of aromatic carboxylic acids is 1. The fourth-order valence-electron chi connectivity index (χ4n) is 3.12. The van der Waals surface area contributed by atoms with Gasteiger partial charge in [0.2, 0.25) is 0 Å². The summed E-state index contributed by atoms with van der Waals surface area (Å²) < 4.78 is 0. The Balaban J connectivity index is 2.15. The molecule has 1 rings (SSSR count). The van der Waals surface area contributed by atoms with Crippen molar-refractivity contribution in [2.75, 3.05) is 5.75 Å². The Bertz CT molecular complexity index is 442. The van der Waals surface area contributed by atoms with E-state index in [9.17, 15) is 4.79 Å². The minimum atomic E-state index is -0.859. The highest BCUT2D eigenvalue weighted by atomic mass is 32.1. The molecule has 0 aliphatic carbocycles. The highest BCUT2D eigenvalue weighted by Crippen LogP contribution is 2.19. The lowest BCUT2D eigenvalue weighted by atomic mass is 9.94. The first-order valence-corrected chi connectivity index (χ1v) is 10.2. The molecule has 0 aliphatic rings. The molecule has 2 nitrogen and oxygen atoms in total. The number of benzene rings is 1. The number of rotatable bonds is 14. The van der Waals surface area contributed by atoms with Crippen molar-refractivity contribution in [2.45, 2.75) is 77.6 Å². The van der Waals surface area contributed by atoms with Crippen LogP contribution in [-0.4, -0.2) is 16.8 Å². The molecule has 0 aliphatic heterocycles. The summed E-state index contributed by atoms with van der Waals surface area (Å²) in [5.74, 6) is 0.632. The molecule has 0 bridgehead atoms. The first kappa shape index (κ1) is 21.1. The Hall–Kier alpha value is -0.960.